The van der Waals surface area contributed by atoms with Gasteiger partial charge in [0.1, 0.15) is 5.75 Å². The minimum atomic E-state index is -0.339. The first-order chi connectivity index (χ1) is 13.9. The van der Waals surface area contributed by atoms with Gasteiger partial charge in [-0.25, -0.2) is 0 Å². The molecule has 2 amide bonds. The number of anilines is 1. The minimum absolute atomic E-state index is 0.117. The first kappa shape index (κ1) is 20.4. The van der Waals surface area contributed by atoms with Crippen molar-refractivity contribution >= 4 is 28.3 Å². The largest absolute Gasteiger partial charge is 0.497 e. The Bertz CT molecular complexity index is 1060. The lowest BCUT2D eigenvalue weighted by Gasteiger charge is -2.16. The van der Waals surface area contributed by atoms with Crippen molar-refractivity contribution in [2.75, 3.05) is 19.0 Å². The first-order valence-corrected chi connectivity index (χ1v) is 9.70. The van der Waals surface area contributed by atoms with Gasteiger partial charge in [0.25, 0.3) is 5.91 Å². The third-order valence-corrected chi connectivity index (χ3v) is 5.06. The summed E-state index contributed by atoms with van der Waals surface area (Å²) in [6, 6.07) is 17.2. The number of amides is 2. The Kier molecular flexibility index (Phi) is 6.17. The molecule has 0 aliphatic carbocycles. The molecule has 0 unspecified atom stereocenters. The molecule has 0 saturated heterocycles. The van der Waals surface area contributed by atoms with Gasteiger partial charge in [-0.15, -0.1) is 0 Å². The van der Waals surface area contributed by atoms with Gasteiger partial charge >= 0.3 is 0 Å². The molecule has 3 aromatic rings. The summed E-state index contributed by atoms with van der Waals surface area (Å²) in [6.07, 6.45) is 0. The fourth-order valence-corrected chi connectivity index (χ4v) is 3.19. The zero-order chi connectivity index (χ0) is 21.0. The zero-order valence-corrected chi connectivity index (χ0v) is 17.2. The Balaban J connectivity index is 1.81. The zero-order valence-electron chi connectivity index (χ0n) is 17.2. The number of carbonyl (C=O) groups is 2. The summed E-state index contributed by atoms with van der Waals surface area (Å²) in [5.41, 5.74) is 3.01. The third-order valence-electron chi connectivity index (χ3n) is 5.06. The second-order valence-electron chi connectivity index (χ2n) is 7.07. The van der Waals surface area contributed by atoms with E-state index < -0.39 is 0 Å². The van der Waals surface area contributed by atoms with Crippen LogP contribution in [0.15, 0.2) is 54.6 Å². The molecule has 0 fully saturated rings. The average molecular weight is 390 g/mol. The quantitative estimate of drug-likeness (QED) is 0.644. The molecule has 2 N–H and O–H groups in total. The van der Waals surface area contributed by atoms with Gasteiger partial charge in [0.2, 0.25) is 5.91 Å². The molecule has 0 saturated carbocycles. The van der Waals surface area contributed by atoms with E-state index in [1.165, 1.54) is 0 Å². The van der Waals surface area contributed by atoms with Crippen LogP contribution in [0.2, 0.25) is 0 Å². The molecule has 5 nitrogen and oxygen atoms in total. The first-order valence-electron chi connectivity index (χ1n) is 9.70. The summed E-state index contributed by atoms with van der Waals surface area (Å²) in [6.45, 7) is 6.21. The van der Waals surface area contributed by atoms with E-state index in [9.17, 15) is 9.59 Å². The highest BCUT2D eigenvalue weighted by atomic mass is 16.5. The predicted octanol–water partition coefficient (Wildman–Crippen LogP) is 4.65. The molecule has 29 heavy (non-hydrogen) atoms. The van der Waals surface area contributed by atoms with Gasteiger partial charge < -0.3 is 15.4 Å². The number of aryl methyl sites for hydroxylation is 1. The molecule has 0 aromatic heterocycles. The van der Waals surface area contributed by atoms with Crippen molar-refractivity contribution in [2.24, 2.45) is 0 Å². The van der Waals surface area contributed by atoms with E-state index in [1.54, 1.807) is 19.2 Å². The van der Waals surface area contributed by atoms with Gasteiger partial charge in [-0.1, -0.05) is 30.3 Å². The highest BCUT2D eigenvalue weighted by Crippen LogP contribution is 2.26. The van der Waals surface area contributed by atoms with Gasteiger partial charge in [-0.3, -0.25) is 9.59 Å². The van der Waals surface area contributed by atoms with Gasteiger partial charge in [0, 0.05) is 17.8 Å². The minimum Gasteiger partial charge on any atom is -0.497 e. The van der Waals surface area contributed by atoms with Gasteiger partial charge in [-0.05, 0) is 66.9 Å². The van der Waals surface area contributed by atoms with Crippen LogP contribution in [0.5, 0.6) is 5.75 Å². The topological polar surface area (TPSA) is 67.4 Å². The van der Waals surface area contributed by atoms with E-state index in [4.69, 9.17) is 4.74 Å². The summed E-state index contributed by atoms with van der Waals surface area (Å²) in [5.74, 6) is 0.197. The Morgan fingerprint density at radius 3 is 2.45 bits per heavy atom. The average Bonchev–Trinajstić information content (AvgIpc) is 2.74. The van der Waals surface area contributed by atoms with E-state index in [0.29, 0.717) is 17.8 Å². The summed E-state index contributed by atoms with van der Waals surface area (Å²) < 4.78 is 5.26. The van der Waals surface area contributed by atoms with Crippen molar-refractivity contribution in [1.29, 1.82) is 0 Å². The Morgan fingerprint density at radius 1 is 1.00 bits per heavy atom. The van der Waals surface area contributed by atoms with Crippen molar-refractivity contribution < 1.29 is 14.3 Å². The molecule has 5 heteroatoms. The number of nitrogens with one attached hydrogen (secondary N) is 2. The van der Waals surface area contributed by atoms with E-state index in [0.717, 1.165) is 27.6 Å². The number of carbonyl (C=O) groups excluding carboxylic acids is 2. The normalized spacial score (nSPS) is 11.7. The summed E-state index contributed by atoms with van der Waals surface area (Å²) in [4.78, 5) is 25.0. The van der Waals surface area contributed by atoms with Crippen LogP contribution in [0.25, 0.3) is 10.8 Å². The lowest BCUT2D eigenvalue weighted by molar-refractivity contribution is -0.117. The fourth-order valence-electron chi connectivity index (χ4n) is 3.19. The standard InChI is InChI=1S/C24H26N2O3/c1-5-25-24(28)20-7-6-15(2)22(14-20)26-23(27)16(3)17-8-9-19-13-21(29-4)11-10-18(19)12-17/h6-14,16H,5H2,1-4H3,(H,25,28)(H,26,27)/t16-/m0/s1. The van der Waals surface area contributed by atoms with Gasteiger partial charge in [-0.2, -0.15) is 0 Å². The second kappa shape index (κ2) is 8.78. The number of rotatable bonds is 6. The maximum absolute atomic E-state index is 12.9. The third kappa shape index (κ3) is 4.57. The molecular formula is C24H26N2O3. The van der Waals surface area contributed by atoms with E-state index >= 15 is 0 Å². The van der Waals surface area contributed by atoms with Gasteiger partial charge in [0.05, 0.1) is 13.0 Å². The monoisotopic (exact) mass is 390 g/mol. The number of methoxy groups -OCH3 is 1. The number of ether oxygens (including phenoxy) is 1. The van der Waals surface area contributed by atoms with E-state index in [-0.39, 0.29) is 17.7 Å². The molecule has 0 radical (unpaired) electrons. The van der Waals surface area contributed by atoms with Crippen LogP contribution in [-0.2, 0) is 4.79 Å². The molecule has 3 rings (SSSR count). The summed E-state index contributed by atoms with van der Waals surface area (Å²) >= 11 is 0. The number of fused-ring (bicyclic) bond motifs is 1. The second-order valence-corrected chi connectivity index (χ2v) is 7.07. The molecular weight excluding hydrogens is 364 g/mol. The van der Waals surface area contributed by atoms with E-state index in [1.807, 2.05) is 63.2 Å². The van der Waals surface area contributed by atoms with Crippen molar-refractivity contribution in [3.05, 3.63) is 71.3 Å². The van der Waals surface area contributed by atoms with Crippen molar-refractivity contribution in [2.45, 2.75) is 26.7 Å². The Labute approximate surface area is 171 Å². The number of hydrogen-bond donors (Lipinski definition) is 2. The summed E-state index contributed by atoms with van der Waals surface area (Å²) in [7, 11) is 1.64. The predicted molar refractivity (Wildman–Crippen MR) is 117 cm³/mol. The maximum Gasteiger partial charge on any atom is 0.251 e. The molecule has 3 aromatic carbocycles. The molecule has 0 bridgehead atoms. The fraction of sp³-hybridized carbons (Fsp3) is 0.250. The number of hydrogen-bond acceptors (Lipinski definition) is 3. The SMILES string of the molecule is CCNC(=O)c1ccc(C)c(NC(=O)[C@@H](C)c2ccc3cc(OC)ccc3c2)c1. The molecule has 0 spiro atoms. The molecule has 0 aliphatic rings. The molecule has 0 aliphatic heterocycles. The van der Waals surface area contributed by atoms with Crippen LogP contribution in [0.3, 0.4) is 0 Å². The Hall–Kier alpha value is -3.34. The molecule has 1 atom stereocenters. The van der Waals surface area contributed by atoms with Crippen LogP contribution >= 0.6 is 0 Å². The number of benzene rings is 3. The van der Waals surface area contributed by atoms with Crippen molar-refractivity contribution in [1.82, 2.24) is 5.32 Å². The van der Waals surface area contributed by atoms with Crippen LogP contribution in [0.1, 0.15) is 41.3 Å². The van der Waals surface area contributed by atoms with Crippen LogP contribution in [0, 0.1) is 6.92 Å². The van der Waals surface area contributed by atoms with Crippen LogP contribution < -0.4 is 15.4 Å². The lowest BCUT2D eigenvalue weighted by Crippen LogP contribution is -2.23. The van der Waals surface area contributed by atoms with E-state index in [2.05, 4.69) is 10.6 Å². The van der Waals surface area contributed by atoms with Crippen LogP contribution in [0.4, 0.5) is 5.69 Å². The van der Waals surface area contributed by atoms with Crippen molar-refractivity contribution in [3.63, 3.8) is 0 Å². The molecule has 0 heterocycles. The summed E-state index contributed by atoms with van der Waals surface area (Å²) in [5, 5.41) is 7.86. The Morgan fingerprint density at radius 2 is 1.72 bits per heavy atom. The highest BCUT2D eigenvalue weighted by molar-refractivity contribution is 6.00. The van der Waals surface area contributed by atoms with Gasteiger partial charge in [0.15, 0.2) is 0 Å². The smallest absolute Gasteiger partial charge is 0.251 e. The highest BCUT2D eigenvalue weighted by Gasteiger charge is 2.17. The maximum atomic E-state index is 12.9. The van der Waals surface area contributed by atoms with Crippen LogP contribution in [-0.4, -0.2) is 25.5 Å². The molecule has 150 valence electrons. The lowest BCUT2D eigenvalue weighted by atomic mass is 9.96. The van der Waals surface area contributed by atoms with Crippen molar-refractivity contribution in [3.8, 4) is 5.75 Å².